The van der Waals surface area contributed by atoms with Gasteiger partial charge in [-0.05, 0) is 68.7 Å². The Morgan fingerprint density at radius 3 is 2.37 bits per heavy atom. The summed E-state index contributed by atoms with van der Waals surface area (Å²) in [6.07, 6.45) is 8.03. The number of rotatable bonds is 7. The fraction of sp³-hybridized carbons (Fsp3) is 0.556. The van der Waals surface area contributed by atoms with Crippen molar-refractivity contribution in [3.05, 3.63) is 41.0 Å². The largest absolute Gasteiger partial charge is 0.494 e. The molecule has 19 heavy (non-hydrogen) atoms. The Kier molecular flexibility index (Phi) is 6.69. The van der Waals surface area contributed by atoms with Crippen molar-refractivity contribution in [2.75, 3.05) is 6.61 Å². The molecule has 1 rings (SSSR count). The first kappa shape index (κ1) is 15.8. The average molecular weight is 260 g/mol. The minimum atomic E-state index is 0.622. The molecule has 0 amide bonds. The van der Waals surface area contributed by atoms with Crippen LogP contribution in [0.4, 0.5) is 0 Å². The number of allylic oxidation sites excluding steroid dienone is 2. The van der Waals surface area contributed by atoms with Gasteiger partial charge in [0, 0.05) is 0 Å². The quantitative estimate of drug-likeness (QED) is 0.584. The highest BCUT2D eigenvalue weighted by atomic mass is 16.5. The lowest BCUT2D eigenvalue weighted by atomic mass is 9.88. The van der Waals surface area contributed by atoms with Crippen LogP contribution in [0, 0.1) is 13.8 Å². The van der Waals surface area contributed by atoms with Crippen LogP contribution < -0.4 is 4.74 Å². The maximum Gasteiger partial charge on any atom is 0.122 e. The normalized spacial score (nSPS) is 12.9. The highest BCUT2D eigenvalue weighted by Crippen LogP contribution is 2.31. The van der Waals surface area contributed by atoms with Gasteiger partial charge < -0.3 is 4.74 Å². The number of ether oxygens (including phenoxy) is 1. The second-order valence-corrected chi connectivity index (χ2v) is 5.13. The molecule has 0 aliphatic heterocycles. The zero-order valence-corrected chi connectivity index (χ0v) is 13.1. The molecule has 1 aromatic carbocycles. The first-order valence-corrected chi connectivity index (χ1v) is 7.52. The molecule has 106 valence electrons. The fourth-order valence-electron chi connectivity index (χ4n) is 2.50. The molecule has 0 fully saturated rings. The SMILES string of the molecule is CC/C=C\CC(CC)c1cc(C)c(OCC)cc1C. The Hall–Kier alpha value is -1.24. The molecular formula is C18H28O. The van der Waals surface area contributed by atoms with E-state index in [4.69, 9.17) is 4.74 Å². The van der Waals surface area contributed by atoms with Gasteiger partial charge in [-0.1, -0.05) is 32.1 Å². The molecule has 1 heteroatoms. The smallest absolute Gasteiger partial charge is 0.122 e. The molecule has 0 spiro atoms. The van der Waals surface area contributed by atoms with Gasteiger partial charge in [-0.15, -0.1) is 0 Å². The molecule has 0 radical (unpaired) electrons. The van der Waals surface area contributed by atoms with Crippen LogP contribution in [-0.2, 0) is 0 Å². The van der Waals surface area contributed by atoms with E-state index in [1.165, 1.54) is 23.1 Å². The number of hydrogen-bond acceptors (Lipinski definition) is 1. The summed E-state index contributed by atoms with van der Waals surface area (Å²) in [6, 6.07) is 4.51. The predicted octanol–water partition coefficient (Wildman–Crippen LogP) is 5.55. The second-order valence-electron chi connectivity index (χ2n) is 5.13. The van der Waals surface area contributed by atoms with Gasteiger partial charge in [0.2, 0.25) is 0 Å². The molecule has 0 aliphatic rings. The van der Waals surface area contributed by atoms with Crippen LogP contribution >= 0.6 is 0 Å². The number of benzene rings is 1. The standard InChI is InChI=1S/C18H28O/c1-6-9-10-11-16(7-2)17-12-15(5)18(19-8-3)13-14(17)4/h9-10,12-13,16H,6-8,11H2,1-5H3/b10-9-. The highest BCUT2D eigenvalue weighted by Gasteiger charge is 2.13. The first-order valence-electron chi connectivity index (χ1n) is 7.52. The van der Waals surface area contributed by atoms with Crippen LogP contribution in [-0.4, -0.2) is 6.61 Å². The van der Waals surface area contributed by atoms with Crippen molar-refractivity contribution < 1.29 is 4.74 Å². The third kappa shape index (κ3) is 4.41. The van der Waals surface area contributed by atoms with Gasteiger partial charge in [0.1, 0.15) is 5.75 Å². The molecular weight excluding hydrogens is 232 g/mol. The Morgan fingerprint density at radius 2 is 1.79 bits per heavy atom. The van der Waals surface area contributed by atoms with E-state index in [2.05, 4.69) is 52.0 Å². The molecule has 0 N–H and O–H groups in total. The number of aryl methyl sites for hydroxylation is 2. The minimum absolute atomic E-state index is 0.622. The van der Waals surface area contributed by atoms with Crippen LogP contribution in [0.2, 0.25) is 0 Å². The Labute approximate surface area is 118 Å². The van der Waals surface area contributed by atoms with E-state index >= 15 is 0 Å². The molecule has 1 atom stereocenters. The van der Waals surface area contributed by atoms with Gasteiger partial charge in [-0.25, -0.2) is 0 Å². The third-order valence-electron chi connectivity index (χ3n) is 3.62. The van der Waals surface area contributed by atoms with Crippen molar-refractivity contribution in [3.8, 4) is 5.75 Å². The van der Waals surface area contributed by atoms with Crippen LogP contribution in [0.5, 0.6) is 5.75 Å². The Balaban J connectivity index is 2.97. The summed E-state index contributed by atoms with van der Waals surface area (Å²) in [6.45, 7) is 11.6. The highest BCUT2D eigenvalue weighted by molar-refractivity contribution is 5.43. The van der Waals surface area contributed by atoms with Crippen molar-refractivity contribution in [1.29, 1.82) is 0 Å². The summed E-state index contributed by atoms with van der Waals surface area (Å²) < 4.78 is 5.67. The van der Waals surface area contributed by atoms with E-state index in [9.17, 15) is 0 Å². The zero-order valence-electron chi connectivity index (χ0n) is 13.1. The van der Waals surface area contributed by atoms with Crippen molar-refractivity contribution in [2.45, 2.75) is 59.8 Å². The maximum atomic E-state index is 5.67. The van der Waals surface area contributed by atoms with E-state index in [1.807, 2.05) is 6.92 Å². The molecule has 0 bridgehead atoms. The van der Waals surface area contributed by atoms with Gasteiger partial charge in [0.15, 0.2) is 0 Å². The molecule has 0 aromatic heterocycles. The van der Waals surface area contributed by atoms with E-state index in [1.54, 1.807) is 0 Å². The van der Waals surface area contributed by atoms with Crippen LogP contribution in [0.15, 0.2) is 24.3 Å². The maximum absolute atomic E-state index is 5.67. The summed E-state index contributed by atoms with van der Waals surface area (Å²) in [5, 5.41) is 0. The van der Waals surface area contributed by atoms with Crippen molar-refractivity contribution in [2.24, 2.45) is 0 Å². The third-order valence-corrected chi connectivity index (χ3v) is 3.62. The second kappa shape index (κ2) is 8.04. The van der Waals surface area contributed by atoms with Crippen molar-refractivity contribution >= 4 is 0 Å². The van der Waals surface area contributed by atoms with Crippen LogP contribution in [0.3, 0.4) is 0 Å². The van der Waals surface area contributed by atoms with Gasteiger partial charge >= 0.3 is 0 Å². The summed E-state index contributed by atoms with van der Waals surface area (Å²) in [7, 11) is 0. The van der Waals surface area contributed by atoms with Crippen molar-refractivity contribution in [1.82, 2.24) is 0 Å². The minimum Gasteiger partial charge on any atom is -0.494 e. The predicted molar refractivity (Wildman–Crippen MR) is 84.2 cm³/mol. The molecule has 0 aliphatic carbocycles. The fourth-order valence-corrected chi connectivity index (χ4v) is 2.50. The Bertz CT molecular complexity index is 418. The molecule has 1 unspecified atom stereocenters. The van der Waals surface area contributed by atoms with E-state index in [0.717, 1.165) is 25.2 Å². The molecule has 1 aromatic rings. The Morgan fingerprint density at radius 1 is 1.05 bits per heavy atom. The van der Waals surface area contributed by atoms with E-state index < -0.39 is 0 Å². The molecule has 0 saturated carbocycles. The summed E-state index contributed by atoms with van der Waals surface area (Å²) in [5.41, 5.74) is 4.08. The van der Waals surface area contributed by atoms with Crippen LogP contribution in [0.1, 0.15) is 62.6 Å². The van der Waals surface area contributed by atoms with E-state index in [0.29, 0.717) is 5.92 Å². The zero-order chi connectivity index (χ0) is 14.3. The summed E-state index contributed by atoms with van der Waals surface area (Å²) in [5.74, 6) is 1.65. The van der Waals surface area contributed by atoms with Gasteiger partial charge in [-0.2, -0.15) is 0 Å². The van der Waals surface area contributed by atoms with Gasteiger partial charge in [-0.3, -0.25) is 0 Å². The van der Waals surface area contributed by atoms with Gasteiger partial charge in [0.05, 0.1) is 6.61 Å². The van der Waals surface area contributed by atoms with Crippen LogP contribution in [0.25, 0.3) is 0 Å². The summed E-state index contributed by atoms with van der Waals surface area (Å²) >= 11 is 0. The first-order chi connectivity index (χ1) is 9.13. The van der Waals surface area contributed by atoms with E-state index in [-0.39, 0.29) is 0 Å². The van der Waals surface area contributed by atoms with Gasteiger partial charge in [0.25, 0.3) is 0 Å². The molecule has 1 nitrogen and oxygen atoms in total. The molecule has 0 saturated heterocycles. The topological polar surface area (TPSA) is 9.23 Å². The lowest BCUT2D eigenvalue weighted by Gasteiger charge is -2.19. The van der Waals surface area contributed by atoms with Crippen molar-refractivity contribution in [3.63, 3.8) is 0 Å². The summed E-state index contributed by atoms with van der Waals surface area (Å²) in [4.78, 5) is 0. The lowest BCUT2D eigenvalue weighted by Crippen LogP contribution is -2.02. The average Bonchev–Trinajstić information content (AvgIpc) is 2.39. The molecule has 0 heterocycles. The number of hydrogen-bond donors (Lipinski definition) is 0. The lowest BCUT2D eigenvalue weighted by molar-refractivity contribution is 0.337. The monoisotopic (exact) mass is 260 g/mol.